The first-order valence-corrected chi connectivity index (χ1v) is 14.2. The normalized spacial score (nSPS) is 15.2. The van der Waals surface area contributed by atoms with Crippen molar-refractivity contribution in [3.63, 3.8) is 0 Å². The summed E-state index contributed by atoms with van der Waals surface area (Å²) < 4.78 is 45.2. The second-order valence-electron chi connectivity index (χ2n) is 9.78. The number of ether oxygens (including phenoxy) is 3. The fourth-order valence-electron chi connectivity index (χ4n) is 3.94. The average Bonchev–Trinajstić information content (AvgIpc) is 3.05. The molecule has 0 fully saturated rings. The smallest absolute Gasteiger partial charge is 0.285 e. The summed E-state index contributed by atoms with van der Waals surface area (Å²) in [6, 6.07) is 14.2. The zero-order valence-electron chi connectivity index (χ0n) is 22.4. The van der Waals surface area contributed by atoms with Gasteiger partial charge in [0.2, 0.25) is 0 Å². The van der Waals surface area contributed by atoms with E-state index in [1.165, 1.54) is 0 Å². The predicted molar refractivity (Wildman–Crippen MR) is 145 cm³/mol. The SMILES string of the molecule is CCCOc1cc(OCCC)cc(OCCCNC2=C(c3ccccc3)S(=O)(=O)N(C(C)(C)C)C2=O)c1. The van der Waals surface area contributed by atoms with Crippen LogP contribution in [0.5, 0.6) is 17.2 Å². The van der Waals surface area contributed by atoms with Gasteiger partial charge in [-0.25, -0.2) is 12.7 Å². The van der Waals surface area contributed by atoms with Gasteiger partial charge in [0.05, 0.1) is 25.4 Å². The highest BCUT2D eigenvalue weighted by atomic mass is 32.2. The lowest BCUT2D eigenvalue weighted by molar-refractivity contribution is -0.125. The van der Waals surface area contributed by atoms with Gasteiger partial charge < -0.3 is 19.5 Å². The fourth-order valence-corrected chi connectivity index (χ4v) is 6.01. The number of benzene rings is 2. The molecule has 0 atom stereocenters. The van der Waals surface area contributed by atoms with E-state index < -0.39 is 21.5 Å². The summed E-state index contributed by atoms with van der Waals surface area (Å²) in [6.45, 7) is 11.1. The summed E-state index contributed by atoms with van der Waals surface area (Å²) in [4.78, 5) is 13.3. The number of hydrogen-bond donors (Lipinski definition) is 1. The lowest BCUT2D eigenvalue weighted by Gasteiger charge is -2.30. The van der Waals surface area contributed by atoms with Gasteiger partial charge >= 0.3 is 0 Å². The Labute approximate surface area is 220 Å². The van der Waals surface area contributed by atoms with Gasteiger partial charge in [-0.3, -0.25) is 4.79 Å². The molecule has 37 heavy (non-hydrogen) atoms. The van der Waals surface area contributed by atoms with Gasteiger partial charge in [0, 0.05) is 24.7 Å². The molecule has 9 heteroatoms. The van der Waals surface area contributed by atoms with Crippen LogP contribution in [0, 0.1) is 0 Å². The minimum atomic E-state index is -4.01. The lowest BCUT2D eigenvalue weighted by Crippen LogP contribution is -2.46. The van der Waals surface area contributed by atoms with Crippen LogP contribution in [0.4, 0.5) is 0 Å². The number of hydrogen-bond acceptors (Lipinski definition) is 7. The van der Waals surface area contributed by atoms with E-state index in [1.807, 2.05) is 32.0 Å². The largest absolute Gasteiger partial charge is 0.493 e. The second-order valence-corrected chi connectivity index (χ2v) is 11.5. The molecule has 0 unspecified atom stereocenters. The van der Waals surface area contributed by atoms with Gasteiger partial charge in [-0.15, -0.1) is 0 Å². The van der Waals surface area contributed by atoms with Crippen LogP contribution in [0.2, 0.25) is 0 Å². The highest BCUT2D eigenvalue weighted by Gasteiger charge is 2.49. The molecule has 1 aliphatic rings. The first kappa shape index (κ1) is 28.4. The molecular weight excluding hydrogens is 492 g/mol. The van der Waals surface area contributed by atoms with Crippen LogP contribution in [0.3, 0.4) is 0 Å². The summed E-state index contributed by atoms with van der Waals surface area (Å²) in [5, 5.41) is 3.08. The number of amides is 1. The van der Waals surface area contributed by atoms with Gasteiger partial charge in [-0.1, -0.05) is 44.2 Å². The van der Waals surface area contributed by atoms with Crippen molar-refractivity contribution in [1.29, 1.82) is 0 Å². The third kappa shape index (κ3) is 6.97. The fraction of sp³-hybridized carbons (Fsp3) is 0.464. The highest BCUT2D eigenvalue weighted by molar-refractivity contribution is 7.99. The molecule has 1 amide bonds. The number of nitrogens with one attached hydrogen (secondary N) is 1. The minimum Gasteiger partial charge on any atom is -0.493 e. The maximum absolute atomic E-state index is 13.4. The van der Waals surface area contributed by atoms with Crippen LogP contribution in [0.15, 0.2) is 54.2 Å². The van der Waals surface area contributed by atoms with Gasteiger partial charge in [0.25, 0.3) is 15.9 Å². The number of rotatable bonds is 13. The third-order valence-electron chi connectivity index (χ3n) is 5.46. The van der Waals surface area contributed by atoms with Crippen LogP contribution in [0.25, 0.3) is 4.91 Å². The molecule has 1 aliphatic heterocycles. The van der Waals surface area contributed by atoms with Crippen LogP contribution in [0.1, 0.15) is 59.4 Å². The first-order chi connectivity index (χ1) is 17.6. The van der Waals surface area contributed by atoms with Crippen molar-refractivity contribution in [3.8, 4) is 17.2 Å². The van der Waals surface area contributed by atoms with E-state index in [4.69, 9.17) is 14.2 Å². The molecule has 1 heterocycles. The molecule has 2 aromatic carbocycles. The van der Waals surface area contributed by atoms with Crippen molar-refractivity contribution >= 4 is 20.8 Å². The van der Waals surface area contributed by atoms with Crippen LogP contribution < -0.4 is 19.5 Å². The molecule has 2 aromatic rings. The topological polar surface area (TPSA) is 94.2 Å². The molecule has 1 N–H and O–H groups in total. The zero-order valence-corrected chi connectivity index (χ0v) is 23.2. The van der Waals surface area contributed by atoms with E-state index in [0.717, 1.165) is 17.1 Å². The number of nitrogens with zero attached hydrogens (tertiary/aromatic N) is 1. The van der Waals surface area contributed by atoms with E-state index in [2.05, 4.69) is 5.32 Å². The molecule has 202 valence electrons. The molecule has 3 rings (SSSR count). The predicted octanol–water partition coefficient (Wildman–Crippen LogP) is 4.96. The Morgan fingerprint density at radius 1 is 0.838 bits per heavy atom. The zero-order chi connectivity index (χ0) is 27.1. The molecular formula is C28H38N2O6S. The standard InChI is InChI=1S/C28H38N2O6S/c1-6-15-34-22-18-23(35-16-7-2)20-24(19-22)36-17-11-14-29-25-26(21-12-9-8-10-13-21)37(32,33)30(27(25)31)28(3,4)5/h8-10,12-13,18-20,29H,6-7,11,14-17H2,1-5H3. The first-order valence-electron chi connectivity index (χ1n) is 12.8. The Bertz CT molecular complexity index is 1180. The van der Waals surface area contributed by atoms with Gasteiger partial charge in [0.15, 0.2) is 0 Å². The summed E-state index contributed by atoms with van der Waals surface area (Å²) in [6.07, 6.45) is 2.33. The number of sulfonamides is 1. The molecule has 0 saturated heterocycles. The van der Waals surface area contributed by atoms with Crippen LogP contribution >= 0.6 is 0 Å². The molecule has 0 radical (unpaired) electrons. The average molecular weight is 531 g/mol. The van der Waals surface area contributed by atoms with Gasteiger partial charge in [0.1, 0.15) is 27.9 Å². The quantitative estimate of drug-likeness (QED) is 0.366. The third-order valence-corrected chi connectivity index (χ3v) is 7.61. The second kappa shape index (κ2) is 12.4. The lowest BCUT2D eigenvalue weighted by atomic mass is 10.1. The van der Waals surface area contributed by atoms with Crippen molar-refractivity contribution in [1.82, 2.24) is 9.62 Å². The summed E-state index contributed by atoms with van der Waals surface area (Å²) >= 11 is 0. The Kier molecular flexibility index (Phi) is 9.48. The summed E-state index contributed by atoms with van der Waals surface area (Å²) in [5.41, 5.74) is -0.332. The molecule has 0 aromatic heterocycles. The van der Waals surface area contributed by atoms with Crippen LogP contribution in [-0.4, -0.2) is 50.5 Å². The monoisotopic (exact) mass is 530 g/mol. The van der Waals surface area contributed by atoms with E-state index in [-0.39, 0.29) is 10.6 Å². The summed E-state index contributed by atoms with van der Waals surface area (Å²) in [5.74, 6) is 1.45. The van der Waals surface area contributed by atoms with Crippen molar-refractivity contribution in [2.75, 3.05) is 26.4 Å². The van der Waals surface area contributed by atoms with Gasteiger partial charge in [-0.05, 0) is 45.6 Å². The van der Waals surface area contributed by atoms with E-state index >= 15 is 0 Å². The molecule has 0 saturated carbocycles. The van der Waals surface area contributed by atoms with Crippen molar-refractivity contribution in [3.05, 3.63) is 59.8 Å². The number of carbonyl (C=O) groups excluding carboxylic acids is 1. The molecule has 0 spiro atoms. The van der Waals surface area contributed by atoms with E-state index in [0.29, 0.717) is 55.6 Å². The van der Waals surface area contributed by atoms with Crippen molar-refractivity contribution in [2.24, 2.45) is 0 Å². The molecule has 0 bridgehead atoms. The summed E-state index contributed by atoms with van der Waals surface area (Å²) in [7, 11) is -4.01. The Morgan fingerprint density at radius 2 is 1.35 bits per heavy atom. The maximum atomic E-state index is 13.4. The van der Waals surface area contributed by atoms with Crippen molar-refractivity contribution < 1.29 is 27.4 Å². The minimum absolute atomic E-state index is 0.00688. The van der Waals surface area contributed by atoms with E-state index in [9.17, 15) is 13.2 Å². The molecule has 0 aliphatic carbocycles. The molecule has 8 nitrogen and oxygen atoms in total. The Balaban J connectivity index is 1.71. The Hall–Kier alpha value is -3.20. The highest BCUT2D eigenvalue weighted by Crippen LogP contribution is 2.38. The number of carbonyl (C=O) groups is 1. The van der Waals surface area contributed by atoms with Gasteiger partial charge in [-0.2, -0.15) is 0 Å². The Morgan fingerprint density at radius 3 is 1.84 bits per heavy atom. The van der Waals surface area contributed by atoms with Crippen molar-refractivity contribution in [2.45, 2.75) is 59.4 Å². The van der Waals surface area contributed by atoms with E-state index in [1.54, 1.807) is 51.1 Å². The maximum Gasteiger partial charge on any atom is 0.285 e. The van der Waals surface area contributed by atoms with Crippen LogP contribution in [-0.2, 0) is 14.8 Å².